The summed E-state index contributed by atoms with van der Waals surface area (Å²) in [7, 11) is -1.91. The maximum atomic E-state index is 6.02. The average Bonchev–Trinajstić information content (AvgIpc) is 3.40. The molecule has 0 fully saturated rings. The van der Waals surface area contributed by atoms with Gasteiger partial charge >= 0.3 is 0 Å². The number of furan rings is 2. The lowest BCUT2D eigenvalue weighted by atomic mass is 10.1. The second-order valence-corrected chi connectivity index (χ2v) is 12.2. The first-order chi connectivity index (χ1) is 13.3. The van der Waals surface area contributed by atoms with E-state index in [1.165, 1.54) is 99.9 Å². The third-order valence-electron chi connectivity index (χ3n) is 5.90. The minimum Gasteiger partial charge on any atom is -0.474 e. The predicted octanol–water partition coefficient (Wildman–Crippen LogP) is 7.16. The van der Waals surface area contributed by atoms with Crippen LogP contribution in [0.1, 0.15) is 90.9 Å². The highest BCUT2D eigenvalue weighted by atomic mass is 28.3. The Bertz CT molecular complexity index is 507. The topological polar surface area (TPSA) is 26.3 Å². The minimum absolute atomic E-state index is 1.22. The average molecular weight is 389 g/mol. The summed E-state index contributed by atoms with van der Waals surface area (Å²) < 4.78 is 12.0. The quantitative estimate of drug-likeness (QED) is 0.225. The van der Waals surface area contributed by atoms with Gasteiger partial charge in [-0.05, 0) is 36.4 Å². The zero-order valence-corrected chi connectivity index (χ0v) is 18.7. The number of rotatable bonds is 16. The summed E-state index contributed by atoms with van der Waals surface area (Å²) >= 11 is 0. The van der Waals surface area contributed by atoms with Gasteiger partial charge in [0, 0.05) is 0 Å². The van der Waals surface area contributed by atoms with Crippen LogP contribution in [0.3, 0.4) is 0 Å². The van der Waals surface area contributed by atoms with E-state index in [0.29, 0.717) is 0 Å². The van der Waals surface area contributed by atoms with Crippen molar-refractivity contribution in [2.75, 3.05) is 0 Å². The van der Waals surface area contributed by atoms with Crippen molar-refractivity contribution in [1.29, 1.82) is 0 Å². The number of unbranched alkanes of at least 4 members (excludes halogenated alkanes) is 10. The van der Waals surface area contributed by atoms with Crippen molar-refractivity contribution in [3.8, 4) is 0 Å². The molecule has 0 spiro atoms. The summed E-state index contributed by atoms with van der Waals surface area (Å²) in [6.07, 6.45) is 19.8. The molecule has 0 saturated carbocycles. The van der Waals surface area contributed by atoms with E-state index >= 15 is 0 Å². The molecule has 0 saturated heterocycles. The lowest BCUT2D eigenvalue weighted by Crippen LogP contribution is -2.57. The minimum atomic E-state index is -1.91. The monoisotopic (exact) mass is 388 g/mol. The highest BCUT2D eigenvalue weighted by Gasteiger charge is 2.42. The number of hydrogen-bond acceptors (Lipinski definition) is 2. The van der Waals surface area contributed by atoms with Crippen LogP contribution in [0.2, 0.25) is 12.1 Å². The molecule has 0 aliphatic heterocycles. The third kappa shape index (κ3) is 7.02. The highest BCUT2D eigenvalue weighted by Crippen LogP contribution is 2.25. The van der Waals surface area contributed by atoms with Gasteiger partial charge in [-0.25, -0.2) is 0 Å². The van der Waals surface area contributed by atoms with Crippen molar-refractivity contribution in [2.45, 2.75) is 103 Å². The maximum Gasteiger partial charge on any atom is 0.206 e. The Morgan fingerprint density at radius 2 is 1.00 bits per heavy atom. The summed E-state index contributed by atoms with van der Waals surface area (Å²) in [5.74, 6) is 0. The molecule has 27 heavy (non-hydrogen) atoms. The van der Waals surface area contributed by atoms with E-state index in [-0.39, 0.29) is 0 Å². The first-order valence-electron chi connectivity index (χ1n) is 11.4. The smallest absolute Gasteiger partial charge is 0.206 e. The van der Waals surface area contributed by atoms with Crippen LogP contribution in [0.15, 0.2) is 45.6 Å². The first-order valence-corrected chi connectivity index (χ1v) is 13.8. The molecule has 2 aromatic rings. The fourth-order valence-corrected chi connectivity index (χ4v) is 8.86. The Hall–Kier alpha value is -1.22. The summed E-state index contributed by atoms with van der Waals surface area (Å²) in [6.45, 7) is 4.57. The molecule has 152 valence electrons. The van der Waals surface area contributed by atoms with Gasteiger partial charge in [0.15, 0.2) is 0 Å². The zero-order chi connectivity index (χ0) is 19.2. The zero-order valence-electron chi connectivity index (χ0n) is 17.7. The molecule has 0 unspecified atom stereocenters. The van der Waals surface area contributed by atoms with Crippen LogP contribution in [0, 0.1) is 0 Å². The molecule has 0 aromatic carbocycles. The van der Waals surface area contributed by atoms with Gasteiger partial charge in [0.2, 0.25) is 8.07 Å². The normalized spacial score (nSPS) is 11.9. The predicted molar refractivity (Wildman–Crippen MR) is 119 cm³/mol. The van der Waals surface area contributed by atoms with Crippen LogP contribution in [-0.4, -0.2) is 8.07 Å². The lowest BCUT2D eigenvalue weighted by molar-refractivity contribution is 0.573. The molecular formula is C24H40O2Si. The molecule has 0 radical (unpaired) electrons. The van der Waals surface area contributed by atoms with Crippen molar-refractivity contribution in [3.63, 3.8) is 0 Å². The Morgan fingerprint density at radius 1 is 0.593 bits per heavy atom. The fraction of sp³-hybridized carbons (Fsp3) is 0.667. The first kappa shape index (κ1) is 22.1. The Morgan fingerprint density at radius 3 is 1.37 bits per heavy atom. The van der Waals surface area contributed by atoms with Gasteiger partial charge in [-0.1, -0.05) is 90.9 Å². The molecule has 2 aromatic heterocycles. The molecule has 2 rings (SSSR count). The summed E-state index contributed by atoms with van der Waals surface area (Å²) in [5.41, 5.74) is 0. The van der Waals surface area contributed by atoms with Gasteiger partial charge in [-0.2, -0.15) is 0 Å². The third-order valence-corrected chi connectivity index (χ3v) is 10.8. The van der Waals surface area contributed by atoms with Gasteiger partial charge in [0.1, 0.15) is 0 Å². The molecule has 0 aliphatic rings. The summed E-state index contributed by atoms with van der Waals surface area (Å²) in [5, 5.41) is 2.44. The Kier molecular flexibility index (Phi) is 10.7. The van der Waals surface area contributed by atoms with E-state index in [0.717, 1.165) is 0 Å². The summed E-state index contributed by atoms with van der Waals surface area (Å²) in [4.78, 5) is 0. The lowest BCUT2D eigenvalue weighted by Gasteiger charge is -2.27. The molecule has 0 N–H and O–H groups in total. The maximum absolute atomic E-state index is 6.02. The van der Waals surface area contributed by atoms with E-state index < -0.39 is 8.07 Å². The standard InChI is InChI=1S/C24H40O2Si/c1-3-5-7-9-11-13-21-27(23-17-15-19-25-23,24-18-16-20-26-24)22-14-12-10-8-6-4-2/h15-20H,3-14,21-22H2,1-2H3. The molecular weight excluding hydrogens is 348 g/mol. The molecule has 0 atom stereocenters. The molecule has 0 amide bonds. The van der Waals surface area contributed by atoms with Crippen LogP contribution in [0.5, 0.6) is 0 Å². The van der Waals surface area contributed by atoms with Crippen LogP contribution in [0.4, 0.5) is 0 Å². The van der Waals surface area contributed by atoms with Crippen molar-refractivity contribution in [3.05, 3.63) is 36.8 Å². The van der Waals surface area contributed by atoms with Gasteiger partial charge < -0.3 is 8.83 Å². The second-order valence-electron chi connectivity index (χ2n) is 8.07. The van der Waals surface area contributed by atoms with E-state index in [1.54, 1.807) is 0 Å². The van der Waals surface area contributed by atoms with Crippen molar-refractivity contribution >= 4 is 18.8 Å². The fourth-order valence-electron chi connectivity index (χ4n) is 4.26. The van der Waals surface area contributed by atoms with E-state index in [2.05, 4.69) is 38.1 Å². The molecule has 0 bridgehead atoms. The highest BCUT2D eigenvalue weighted by molar-refractivity contribution is 7.00. The van der Waals surface area contributed by atoms with Gasteiger partial charge in [-0.3, -0.25) is 0 Å². The summed E-state index contributed by atoms with van der Waals surface area (Å²) in [6, 6.07) is 11.1. The SMILES string of the molecule is CCCCCCCC[Si](CCCCCCCC)(c1ccco1)c1ccco1. The van der Waals surface area contributed by atoms with Crippen molar-refractivity contribution < 1.29 is 8.83 Å². The second kappa shape index (κ2) is 13.0. The molecule has 2 heterocycles. The van der Waals surface area contributed by atoms with Crippen molar-refractivity contribution in [2.24, 2.45) is 0 Å². The largest absolute Gasteiger partial charge is 0.474 e. The van der Waals surface area contributed by atoms with Crippen LogP contribution >= 0.6 is 0 Å². The van der Waals surface area contributed by atoms with E-state index in [4.69, 9.17) is 8.83 Å². The van der Waals surface area contributed by atoms with Crippen LogP contribution in [0.25, 0.3) is 0 Å². The Labute approximate surface area is 167 Å². The van der Waals surface area contributed by atoms with Crippen LogP contribution in [-0.2, 0) is 0 Å². The van der Waals surface area contributed by atoms with Gasteiger partial charge in [0.25, 0.3) is 0 Å². The van der Waals surface area contributed by atoms with Crippen molar-refractivity contribution in [1.82, 2.24) is 0 Å². The van der Waals surface area contributed by atoms with E-state index in [9.17, 15) is 0 Å². The van der Waals surface area contributed by atoms with Gasteiger partial charge in [0.05, 0.1) is 23.3 Å². The van der Waals surface area contributed by atoms with Crippen LogP contribution < -0.4 is 10.8 Å². The van der Waals surface area contributed by atoms with Gasteiger partial charge in [-0.15, -0.1) is 0 Å². The number of hydrogen-bond donors (Lipinski definition) is 0. The molecule has 3 heteroatoms. The molecule has 2 nitrogen and oxygen atoms in total. The molecule has 0 aliphatic carbocycles. The van der Waals surface area contributed by atoms with E-state index in [1.807, 2.05) is 12.5 Å². The Balaban J connectivity index is 2.01.